The lowest BCUT2D eigenvalue weighted by molar-refractivity contribution is -0.128. The Hall–Kier alpha value is -0.610. The molecule has 16 heavy (non-hydrogen) atoms. The van der Waals surface area contributed by atoms with Gasteiger partial charge in [-0.3, -0.25) is 4.79 Å². The van der Waals surface area contributed by atoms with Gasteiger partial charge in [0.05, 0.1) is 0 Å². The van der Waals surface area contributed by atoms with Crippen molar-refractivity contribution in [2.75, 3.05) is 33.8 Å². The number of amides is 1. The Kier molecular flexibility index (Phi) is 8.21. The molecule has 0 heterocycles. The molecule has 0 aliphatic carbocycles. The van der Waals surface area contributed by atoms with E-state index in [1.54, 1.807) is 19.0 Å². The Morgan fingerprint density at radius 2 is 1.75 bits per heavy atom. The average Bonchev–Trinajstić information content (AvgIpc) is 2.21. The first kappa shape index (κ1) is 15.4. The van der Waals surface area contributed by atoms with E-state index < -0.39 is 0 Å². The topological polar surface area (TPSA) is 43.8 Å². The standard InChI is InChI=1S/C12H26N2O2/c1-11(2)14(9-6-10-15)8-5-7-12(16)13(3)4/h11,15H,5-10H2,1-4H3. The molecule has 4 heteroatoms. The van der Waals surface area contributed by atoms with Crippen LogP contribution in [0, 0.1) is 0 Å². The Bertz CT molecular complexity index is 193. The SMILES string of the molecule is CC(C)N(CCCO)CCCC(=O)N(C)C. The summed E-state index contributed by atoms with van der Waals surface area (Å²) in [6.45, 7) is 6.36. The Morgan fingerprint density at radius 3 is 2.19 bits per heavy atom. The van der Waals surface area contributed by atoms with Gasteiger partial charge in [-0.15, -0.1) is 0 Å². The van der Waals surface area contributed by atoms with Crippen LogP contribution in [0.15, 0.2) is 0 Å². The van der Waals surface area contributed by atoms with Crippen LogP contribution in [-0.4, -0.2) is 60.6 Å². The second kappa shape index (κ2) is 8.53. The summed E-state index contributed by atoms with van der Waals surface area (Å²) in [5, 5.41) is 8.80. The first-order valence-electron chi connectivity index (χ1n) is 6.04. The number of aliphatic hydroxyl groups excluding tert-OH is 1. The number of rotatable bonds is 8. The molecule has 0 unspecified atom stereocenters. The quantitative estimate of drug-likeness (QED) is 0.675. The lowest BCUT2D eigenvalue weighted by atomic mass is 10.2. The van der Waals surface area contributed by atoms with Gasteiger partial charge in [-0.2, -0.15) is 0 Å². The molecule has 0 aliphatic heterocycles. The van der Waals surface area contributed by atoms with Crippen LogP contribution in [0.4, 0.5) is 0 Å². The fourth-order valence-electron chi connectivity index (χ4n) is 1.56. The third kappa shape index (κ3) is 6.80. The highest BCUT2D eigenvalue weighted by Gasteiger charge is 2.10. The highest BCUT2D eigenvalue weighted by atomic mass is 16.3. The molecule has 0 saturated carbocycles. The van der Waals surface area contributed by atoms with Gasteiger partial charge in [0.25, 0.3) is 0 Å². The fraction of sp³-hybridized carbons (Fsp3) is 0.917. The van der Waals surface area contributed by atoms with Crippen LogP contribution in [-0.2, 0) is 4.79 Å². The molecule has 0 saturated heterocycles. The monoisotopic (exact) mass is 230 g/mol. The van der Waals surface area contributed by atoms with Crippen molar-refractivity contribution in [3.63, 3.8) is 0 Å². The normalized spacial score (nSPS) is 11.2. The van der Waals surface area contributed by atoms with Crippen molar-refractivity contribution >= 4 is 5.91 Å². The van der Waals surface area contributed by atoms with E-state index in [1.165, 1.54) is 0 Å². The third-order valence-electron chi connectivity index (χ3n) is 2.67. The van der Waals surface area contributed by atoms with Gasteiger partial charge in [0, 0.05) is 39.7 Å². The molecular formula is C12H26N2O2. The molecule has 96 valence electrons. The minimum absolute atomic E-state index is 0.186. The van der Waals surface area contributed by atoms with Gasteiger partial charge < -0.3 is 14.9 Å². The van der Waals surface area contributed by atoms with E-state index >= 15 is 0 Å². The fourth-order valence-corrected chi connectivity index (χ4v) is 1.56. The van der Waals surface area contributed by atoms with Crippen LogP contribution in [0.2, 0.25) is 0 Å². The molecule has 0 spiro atoms. The predicted molar refractivity (Wildman–Crippen MR) is 66.3 cm³/mol. The molecule has 1 N–H and O–H groups in total. The number of hydrogen-bond donors (Lipinski definition) is 1. The van der Waals surface area contributed by atoms with Crippen molar-refractivity contribution in [3.8, 4) is 0 Å². The van der Waals surface area contributed by atoms with Crippen molar-refractivity contribution < 1.29 is 9.90 Å². The van der Waals surface area contributed by atoms with Gasteiger partial charge in [0.2, 0.25) is 5.91 Å². The average molecular weight is 230 g/mol. The Balaban J connectivity index is 3.80. The second-order valence-corrected chi connectivity index (χ2v) is 4.60. The second-order valence-electron chi connectivity index (χ2n) is 4.60. The van der Waals surface area contributed by atoms with Crippen LogP contribution in [0.5, 0.6) is 0 Å². The molecule has 1 amide bonds. The number of aliphatic hydroxyl groups is 1. The zero-order valence-corrected chi connectivity index (χ0v) is 11.1. The smallest absolute Gasteiger partial charge is 0.222 e. The number of hydrogen-bond acceptors (Lipinski definition) is 3. The van der Waals surface area contributed by atoms with Crippen LogP contribution in [0.1, 0.15) is 33.1 Å². The minimum Gasteiger partial charge on any atom is -0.396 e. The summed E-state index contributed by atoms with van der Waals surface area (Å²) < 4.78 is 0. The number of carbonyl (C=O) groups excluding carboxylic acids is 1. The van der Waals surface area contributed by atoms with Crippen LogP contribution in [0.25, 0.3) is 0 Å². The maximum Gasteiger partial charge on any atom is 0.222 e. The summed E-state index contributed by atoms with van der Waals surface area (Å²) in [5.41, 5.74) is 0. The third-order valence-corrected chi connectivity index (χ3v) is 2.67. The van der Waals surface area contributed by atoms with E-state index in [0.717, 1.165) is 25.9 Å². The van der Waals surface area contributed by atoms with Crippen LogP contribution < -0.4 is 0 Å². The number of nitrogens with zero attached hydrogens (tertiary/aromatic N) is 2. The lowest BCUT2D eigenvalue weighted by Crippen LogP contribution is -2.34. The summed E-state index contributed by atoms with van der Waals surface area (Å²) >= 11 is 0. The van der Waals surface area contributed by atoms with E-state index in [-0.39, 0.29) is 12.5 Å². The van der Waals surface area contributed by atoms with Crippen molar-refractivity contribution in [3.05, 3.63) is 0 Å². The summed E-state index contributed by atoms with van der Waals surface area (Å²) in [6, 6.07) is 0.473. The molecule has 0 fully saturated rings. The molecule has 4 nitrogen and oxygen atoms in total. The van der Waals surface area contributed by atoms with Gasteiger partial charge in [0.15, 0.2) is 0 Å². The summed E-state index contributed by atoms with van der Waals surface area (Å²) in [6.07, 6.45) is 2.30. The van der Waals surface area contributed by atoms with Crippen molar-refractivity contribution in [2.24, 2.45) is 0 Å². The maximum atomic E-state index is 11.4. The molecule has 0 aromatic heterocycles. The minimum atomic E-state index is 0.186. The highest BCUT2D eigenvalue weighted by Crippen LogP contribution is 2.03. The van der Waals surface area contributed by atoms with E-state index in [0.29, 0.717) is 12.5 Å². The molecule has 0 atom stereocenters. The number of carbonyl (C=O) groups is 1. The largest absolute Gasteiger partial charge is 0.396 e. The highest BCUT2D eigenvalue weighted by molar-refractivity contribution is 5.75. The first-order valence-corrected chi connectivity index (χ1v) is 6.04. The molecular weight excluding hydrogens is 204 g/mol. The first-order chi connectivity index (χ1) is 7.49. The van der Waals surface area contributed by atoms with Crippen molar-refractivity contribution in [1.82, 2.24) is 9.80 Å². The van der Waals surface area contributed by atoms with Gasteiger partial charge in [-0.05, 0) is 33.2 Å². The predicted octanol–water partition coefficient (Wildman–Crippen LogP) is 0.948. The van der Waals surface area contributed by atoms with Gasteiger partial charge >= 0.3 is 0 Å². The van der Waals surface area contributed by atoms with E-state index in [2.05, 4.69) is 18.7 Å². The van der Waals surface area contributed by atoms with Gasteiger partial charge in [-0.25, -0.2) is 0 Å². The van der Waals surface area contributed by atoms with E-state index in [4.69, 9.17) is 5.11 Å². The van der Waals surface area contributed by atoms with Crippen LogP contribution >= 0.6 is 0 Å². The van der Waals surface area contributed by atoms with Crippen molar-refractivity contribution in [2.45, 2.75) is 39.2 Å². The zero-order chi connectivity index (χ0) is 12.6. The lowest BCUT2D eigenvalue weighted by Gasteiger charge is -2.26. The Morgan fingerprint density at radius 1 is 1.19 bits per heavy atom. The van der Waals surface area contributed by atoms with E-state index in [1.807, 2.05) is 0 Å². The summed E-state index contributed by atoms with van der Waals surface area (Å²) in [4.78, 5) is 15.3. The van der Waals surface area contributed by atoms with Gasteiger partial charge in [-0.1, -0.05) is 0 Å². The molecule has 0 aromatic carbocycles. The van der Waals surface area contributed by atoms with Crippen LogP contribution in [0.3, 0.4) is 0 Å². The summed E-state index contributed by atoms with van der Waals surface area (Å²) in [5.74, 6) is 0.186. The molecule has 0 aromatic rings. The zero-order valence-electron chi connectivity index (χ0n) is 11.1. The Labute approximate surface area is 99.2 Å². The maximum absolute atomic E-state index is 11.4. The van der Waals surface area contributed by atoms with Gasteiger partial charge in [0.1, 0.15) is 0 Å². The molecule has 0 rings (SSSR count). The summed E-state index contributed by atoms with van der Waals surface area (Å²) in [7, 11) is 3.57. The molecule has 0 aliphatic rings. The molecule has 0 radical (unpaired) electrons. The molecule has 0 bridgehead atoms. The van der Waals surface area contributed by atoms with E-state index in [9.17, 15) is 4.79 Å². The van der Waals surface area contributed by atoms with Crippen molar-refractivity contribution in [1.29, 1.82) is 0 Å².